The van der Waals surface area contributed by atoms with Gasteiger partial charge in [0.05, 0.1) is 35.8 Å². The number of carbonyl (C=O) groups is 1. The number of carbonyl (C=O) groups excluding carboxylic acids is 1. The lowest BCUT2D eigenvalue weighted by Crippen LogP contribution is -2.20. The van der Waals surface area contributed by atoms with E-state index in [-0.39, 0.29) is 0 Å². The third kappa shape index (κ3) is 4.48. The van der Waals surface area contributed by atoms with E-state index in [0.717, 1.165) is 32.8 Å². The van der Waals surface area contributed by atoms with E-state index in [4.69, 9.17) is 28.6 Å². The first-order valence-corrected chi connectivity index (χ1v) is 11.4. The number of aryl methyl sites for hydroxylation is 1. The Kier molecular flexibility index (Phi) is 6.45. The van der Waals surface area contributed by atoms with Crippen molar-refractivity contribution in [3.8, 4) is 0 Å². The SMILES string of the molecule is COC(=O)c1sc2cc(NC(=S)Nc3c(C)nn(Cc4ccccc4)c3C)ccc2c1Cl. The highest BCUT2D eigenvalue weighted by Gasteiger charge is 2.18. The summed E-state index contributed by atoms with van der Waals surface area (Å²) in [6, 6.07) is 15.8. The van der Waals surface area contributed by atoms with Gasteiger partial charge >= 0.3 is 5.97 Å². The molecule has 4 rings (SSSR count). The van der Waals surface area contributed by atoms with Crippen LogP contribution in [0.3, 0.4) is 0 Å². The lowest BCUT2D eigenvalue weighted by Gasteiger charge is -2.11. The van der Waals surface area contributed by atoms with Gasteiger partial charge in [0.25, 0.3) is 0 Å². The standard InChI is InChI=1S/C23H21ClN4O2S2/c1-13-20(14(2)28(27-13)12-15-7-5-4-6-8-15)26-23(31)25-16-9-10-17-18(11-16)32-21(19(17)24)22(29)30-3/h4-11H,12H2,1-3H3,(H2,25,26,31). The number of benzene rings is 2. The second-order valence-corrected chi connectivity index (χ2v) is 9.05. The fraction of sp³-hybridized carbons (Fsp3) is 0.174. The van der Waals surface area contributed by atoms with E-state index in [1.165, 1.54) is 24.0 Å². The number of nitrogens with one attached hydrogen (secondary N) is 2. The van der Waals surface area contributed by atoms with E-state index in [9.17, 15) is 4.79 Å². The van der Waals surface area contributed by atoms with E-state index < -0.39 is 5.97 Å². The van der Waals surface area contributed by atoms with Crippen LogP contribution in [0.2, 0.25) is 5.02 Å². The molecule has 0 spiro atoms. The summed E-state index contributed by atoms with van der Waals surface area (Å²) in [7, 11) is 1.34. The molecule has 0 amide bonds. The first kappa shape index (κ1) is 22.3. The van der Waals surface area contributed by atoms with Crippen LogP contribution in [-0.4, -0.2) is 28.0 Å². The van der Waals surface area contributed by atoms with Crippen LogP contribution in [0.15, 0.2) is 48.5 Å². The molecule has 0 aliphatic carbocycles. The first-order valence-electron chi connectivity index (χ1n) is 9.83. The number of hydrogen-bond donors (Lipinski definition) is 2. The number of ether oxygens (including phenoxy) is 1. The number of thiocarbonyl (C=S) groups is 1. The average Bonchev–Trinajstić information content (AvgIpc) is 3.24. The number of thiophene rings is 1. The molecule has 0 saturated carbocycles. The summed E-state index contributed by atoms with van der Waals surface area (Å²) in [5, 5.41) is 12.8. The molecule has 164 valence electrons. The fourth-order valence-electron chi connectivity index (χ4n) is 3.43. The summed E-state index contributed by atoms with van der Waals surface area (Å²) < 4.78 is 7.63. The van der Waals surface area contributed by atoms with E-state index in [2.05, 4.69) is 27.9 Å². The molecule has 0 unspecified atom stereocenters. The van der Waals surface area contributed by atoms with Gasteiger partial charge in [0.2, 0.25) is 0 Å². The van der Waals surface area contributed by atoms with Gasteiger partial charge in [-0.05, 0) is 49.8 Å². The Morgan fingerprint density at radius 1 is 1.19 bits per heavy atom. The summed E-state index contributed by atoms with van der Waals surface area (Å²) in [5.74, 6) is -0.443. The fourth-order valence-corrected chi connectivity index (χ4v) is 5.12. The third-order valence-corrected chi connectivity index (χ3v) is 6.89. The summed E-state index contributed by atoms with van der Waals surface area (Å²) in [4.78, 5) is 12.3. The van der Waals surface area contributed by atoms with Gasteiger partial charge in [0, 0.05) is 15.8 Å². The van der Waals surface area contributed by atoms with Gasteiger partial charge in [-0.3, -0.25) is 4.68 Å². The number of rotatable bonds is 5. The smallest absolute Gasteiger partial charge is 0.349 e. The Morgan fingerprint density at radius 2 is 1.94 bits per heavy atom. The van der Waals surface area contributed by atoms with Crippen molar-refractivity contribution in [3.63, 3.8) is 0 Å². The molecule has 32 heavy (non-hydrogen) atoms. The van der Waals surface area contributed by atoms with Crippen LogP contribution in [0.1, 0.15) is 26.6 Å². The van der Waals surface area contributed by atoms with Crippen molar-refractivity contribution in [1.29, 1.82) is 0 Å². The molecule has 2 aromatic carbocycles. The maximum Gasteiger partial charge on any atom is 0.349 e. The average molecular weight is 485 g/mol. The third-order valence-electron chi connectivity index (χ3n) is 5.05. The number of hydrogen-bond acceptors (Lipinski definition) is 5. The molecule has 0 saturated heterocycles. The van der Waals surface area contributed by atoms with E-state index in [0.29, 0.717) is 21.6 Å². The van der Waals surface area contributed by atoms with Gasteiger partial charge in [0.1, 0.15) is 4.88 Å². The van der Waals surface area contributed by atoms with Crippen LogP contribution in [-0.2, 0) is 11.3 Å². The normalized spacial score (nSPS) is 10.9. The van der Waals surface area contributed by atoms with Crippen LogP contribution in [0.5, 0.6) is 0 Å². The molecule has 0 radical (unpaired) electrons. The van der Waals surface area contributed by atoms with Gasteiger partial charge in [-0.25, -0.2) is 4.79 Å². The van der Waals surface area contributed by atoms with Crippen LogP contribution in [0.4, 0.5) is 11.4 Å². The minimum atomic E-state index is -0.443. The largest absolute Gasteiger partial charge is 0.465 e. The van der Waals surface area contributed by atoms with Crippen molar-refractivity contribution >= 4 is 67.7 Å². The molecule has 4 aromatic rings. The van der Waals surface area contributed by atoms with Crippen molar-refractivity contribution < 1.29 is 9.53 Å². The highest BCUT2D eigenvalue weighted by Crippen LogP contribution is 2.37. The molecule has 2 heterocycles. The highest BCUT2D eigenvalue weighted by atomic mass is 35.5. The van der Waals surface area contributed by atoms with Crippen LogP contribution >= 0.6 is 35.2 Å². The predicted molar refractivity (Wildman–Crippen MR) is 135 cm³/mol. The Hall–Kier alpha value is -2.94. The molecule has 0 bridgehead atoms. The van der Waals surface area contributed by atoms with Crippen LogP contribution in [0, 0.1) is 13.8 Å². The van der Waals surface area contributed by atoms with E-state index >= 15 is 0 Å². The Bertz CT molecular complexity index is 1310. The lowest BCUT2D eigenvalue weighted by atomic mass is 10.2. The molecule has 2 N–H and O–H groups in total. The molecule has 0 fully saturated rings. The number of anilines is 2. The molecule has 0 atom stereocenters. The lowest BCUT2D eigenvalue weighted by molar-refractivity contribution is 0.0606. The monoisotopic (exact) mass is 484 g/mol. The summed E-state index contributed by atoms with van der Waals surface area (Å²) in [5.41, 5.74) is 4.71. The van der Waals surface area contributed by atoms with Crippen LogP contribution in [0.25, 0.3) is 10.1 Å². The number of aromatic nitrogens is 2. The second-order valence-electron chi connectivity index (χ2n) is 7.22. The van der Waals surface area contributed by atoms with Gasteiger partial charge in [-0.15, -0.1) is 11.3 Å². The van der Waals surface area contributed by atoms with Crippen molar-refractivity contribution in [2.45, 2.75) is 20.4 Å². The van der Waals surface area contributed by atoms with Gasteiger partial charge < -0.3 is 15.4 Å². The molecule has 0 aliphatic rings. The zero-order valence-electron chi connectivity index (χ0n) is 17.7. The maximum absolute atomic E-state index is 11.9. The minimum Gasteiger partial charge on any atom is -0.465 e. The number of nitrogens with zero attached hydrogens (tertiary/aromatic N) is 2. The predicted octanol–water partition coefficient (Wildman–Crippen LogP) is 6.01. The number of fused-ring (bicyclic) bond motifs is 1. The number of methoxy groups -OCH3 is 1. The van der Waals surface area contributed by atoms with Crippen molar-refractivity contribution in [2.75, 3.05) is 17.7 Å². The van der Waals surface area contributed by atoms with E-state index in [1.54, 1.807) is 0 Å². The summed E-state index contributed by atoms with van der Waals surface area (Å²) >= 11 is 13.2. The van der Waals surface area contributed by atoms with Gasteiger partial charge in [-0.2, -0.15) is 5.10 Å². The van der Waals surface area contributed by atoms with Crippen molar-refractivity contribution in [1.82, 2.24) is 9.78 Å². The summed E-state index contributed by atoms with van der Waals surface area (Å²) in [6.45, 7) is 4.66. The Balaban J connectivity index is 1.50. The van der Waals surface area contributed by atoms with Crippen molar-refractivity contribution in [3.05, 3.63) is 75.4 Å². The Labute approximate surface area is 200 Å². The molecular formula is C23H21ClN4O2S2. The topological polar surface area (TPSA) is 68.2 Å². The first-order chi connectivity index (χ1) is 15.4. The zero-order valence-corrected chi connectivity index (χ0v) is 20.1. The van der Waals surface area contributed by atoms with Gasteiger partial charge in [0.15, 0.2) is 5.11 Å². The molecule has 2 aromatic heterocycles. The zero-order chi connectivity index (χ0) is 22.8. The molecule has 0 aliphatic heterocycles. The van der Waals surface area contributed by atoms with Crippen LogP contribution < -0.4 is 10.6 Å². The minimum absolute atomic E-state index is 0.388. The second kappa shape index (κ2) is 9.28. The summed E-state index contributed by atoms with van der Waals surface area (Å²) in [6.07, 6.45) is 0. The van der Waals surface area contributed by atoms with Gasteiger partial charge in [-0.1, -0.05) is 41.9 Å². The maximum atomic E-state index is 11.9. The van der Waals surface area contributed by atoms with Crippen molar-refractivity contribution in [2.24, 2.45) is 0 Å². The molecule has 9 heteroatoms. The van der Waals surface area contributed by atoms with E-state index in [1.807, 2.05) is 54.9 Å². The highest BCUT2D eigenvalue weighted by molar-refractivity contribution is 7.80. The quantitative estimate of drug-likeness (QED) is 0.267. The number of esters is 1. The molecule has 6 nitrogen and oxygen atoms in total. The Morgan fingerprint density at radius 3 is 2.66 bits per heavy atom. The molecular weight excluding hydrogens is 464 g/mol. The number of halogens is 1.